The lowest BCUT2D eigenvalue weighted by atomic mass is 10.1. The number of rotatable bonds is 9. The van der Waals surface area contributed by atoms with Gasteiger partial charge in [0, 0.05) is 38.1 Å². The van der Waals surface area contributed by atoms with Crippen molar-refractivity contribution in [1.29, 1.82) is 0 Å². The number of likely N-dealkylation sites (tertiary alicyclic amines) is 1. The SMILES string of the molecule is COCCCNC(=O)[C@H]1CCCN1C(=O)c1ccc(NS(=O)(=O)c2ccc(C)cc2C)cc1. The van der Waals surface area contributed by atoms with Crippen LogP contribution in [0.1, 0.15) is 40.7 Å². The maximum atomic E-state index is 13.0. The summed E-state index contributed by atoms with van der Waals surface area (Å²) in [5.41, 5.74) is 2.41. The molecule has 1 heterocycles. The van der Waals surface area contributed by atoms with Crippen LogP contribution in [0.3, 0.4) is 0 Å². The maximum Gasteiger partial charge on any atom is 0.262 e. The quantitative estimate of drug-likeness (QED) is 0.545. The first-order valence-corrected chi connectivity index (χ1v) is 12.5. The van der Waals surface area contributed by atoms with Crippen LogP contribution in [0, 0.1) is 13.8 Å². The molecule has 178 valence electrons. The van der Waals surface area contributed by atoms with E-state index in [2.05, 4.69) is 10.0 Å². The van der Waals surface area contributed by atoms with Crippen LogP contribution < -0.4 is 10.0 Å². The monoisotopic (exact) mass is 473 g/mol. The highest BCUT2D eigenvalue weighted by Crippen LogP contribution is 2.23. The summed E-state index contributed by atoms with van der Waals surface area (Å²) in [5.74, 6) is -0.400. The average Bonchev–Trinajstić information content (AvgIpc) is 3.26. The van der Waals surface area contributed by atoms with Crippen molar-refractivity contribution in [3.63, 3.8) is 0 Å². The summed E-state index contributed by atoms with van der Waals surface area (Å²) >= 11 is 0. The van der Waals surface area contributed by atoms with Gasteiger partial charge in [-0.05, 0) is 69.0 Å². The second-order valence-electron chi connectivity index (χ2n) is 8.25. The minimum atomic E-state index is -3.75. The average molecular weight is 474 g/mol. The molecule has 2 N–H and O–H groups in total. The Morgan fingerprint density at radius 1 is 1.12 bits per heavy atom. The lowest BCUT2D eigenvalue weighted by Crippen LogP contribution is -2.46. The second-order valence-corrected chi connectivity index (χ2v) is 9.90. The molecule has 0 spiro atoms. The van der Waals surface area contributed by atoms with Crippen molar-refractivity contribution in [2.24, 2.45) is 0 Å². The lowest BCUT2D eigenvalue weighted by Gasteiger charge is -2.24. The molecule has 0 radical (unpaired) electrons. The number of anilines is 1. The Labute approximate surface area is 195 Å². The van der Waals surface area contributed by atoms with E-state index in [0.717, 1.165) is 12.0 Å². The highest BCUT2D eigenvalue weighted by atomic mass is 32.2. The molecule has 0 bridgehead atoms. The number of carbonyl (C=O) groups excluding carboxylic acids is 2. The van der Waals surface area contributed by atoms with E-state index in [1.165, 1.54) is 0 Å². The van der Waals surface area contributed by atoms with Crippen LogP contribution in [0.2, 0.25) is 0 Å². The van der Waals surface area contributed by atoms with Gasteiger partial charge in [0.1, 0.15) is 6.04 Å². The number of ether oxygens (including phenoxy) is 1. The molecular weight excluding hydrogens is 442 g/mol. The van der Waals surface area contributed by atoms with Crippen molar-refractivity contribution in [1.82, 2.24) is 10.2 Å². The first-order valence-electron chi connectivity index (χ1n) is 11.0. The van der Waals surface area contributed by atoms with E-state index in [0.29, 0.717) is 49.4 Å². The zero-order valence-corrected chi connectivity index (χ0v) is 20.1. The van der Waals surface area contributed by atoms with Crippen LogP contribution in [-0.2, 0) is 19.6 Å². The number of benzene rings is 2. The number of carbonyl (C=O) groups is 2. The molecule has 0 aromatic heterocycles. The van der Waals surface area contributed by atoms with Crippen LogP contribution >= 0.6 is 0 Å². The Kier molecular flexibility index (Phi) is 8.10. The molecule has 1 atom stereocenters. The van der Waals surface area contributed by atoms with Crippen LogP contribution in [0.15, 0.2) is 47.4 Å². The number of nitrogens with one attached hydrogen (secondary N) is 2. The van der Waals surface area contributed by atoms with Crippen molar-refractivity contribution in [3.05, 3.63) is 59.2 Å². The molecule has 1 saturated heterocycles. The first kappa shape index (κ1) is 24.7. The second kappa shape index (κ2) is 10.8. The van der Waals surface area contributed by atoms with Gasteiger partial charge in [-0.15, -0.1) is 0 Å². The van der Waals surface area contributed by atoms with E-state index >= 15 is 0 Å². The smallest absolute Gasteiger partial charge is 0.262 e. The van der Waals surface area contributed by atoms with E-state index in [4.69, 9.17) is 4.74 Å². The Bertz CT molecular complexity index is 1100. The first-order chi connectivity index (χ1) is 15.7. The highest BCUT2D eigenvalue weighted by Gasteiger charge is 2.34. The Morgan fingerprint density at radius 2 is 1.85 bits per heavy atom. The van der Waals surface area contributed by atoms with Gasteiger partial charge >= 0.3 is 0 Å². The van der Waals surface area contributed by atoms with E-state index in [1.54, 1.807) is 55.3 Å². The van der Waals surface area contributed by atoms with Gasteiger partial charge < -0.3 is 15.0 Å². The normalized spacial score (nSPS) is 16.0. The van der Waals surface area contributed by atoms with Crippen LogP contribution in [0.25, 0.3) is 0 Å². The fourth-order valence-electron chi connectivity index (χ4n) is 3.99. The summed E-state index contributed by atoms with van der Waals surface area (Å²) in [6, 6.07) is 10.9. The fraction of sp³-hybridized carbons (Fsp3) is 0.417. The van der Waals surface area contributed by atoms with E-state index in [9.17, 15) is 18.0 Å². The van der Waals surface area contributed by atoms with Crippen molar-refractivity contribution in [2.45, 2.75) is 44.0 Å². The molecule has 1 aliphatic heterocycles. The van der Waals surface area contributed by atoms with Crippen molar-refractivity contribution < 1.29 is 22.7 Å². The molecular formula is C24H31N3O5S. The van der Waals surface area contributed by atoms with Crippen molar-refractivity contribution in [2.75, 3.05) is 31.5 Å². The topological polar surface area (TPSA) is 105 Å². The van der Waals surface area contributed by atoms with Gasteiger partial charge in [-0.1, -0.05) is 17.7 Å². The van der Waals surface area contributed by atoms with Gasteiger partial charge in [0.05, 0.1) is 4.90 Å². The third-order valence-corrected chi connectivity index (χ3v) is 7.19. The summed E-state index contributed by atoms with van der Waals surface area (Å²) in [7, 11) is -2.14. The zero-order chi connectivity index (χ0) is 24.0. The molecule has 8 nitrogen and oxygen atoms in total. The Hall–Kier alpha value is -2.91. The minimum absolute atomic E-state index is 0.158. The summed E-state index contributed by atoms with van der Waals surface area (Å²) in [4.78, 5) is 27.3. The number of nitrogens with zero attached hydrogens (tertiary/aromatic N) is 1. The Morgan fingerprint density at radius 3 is 2.52 bits per heavy atom. The van der Waals surface area contributed by atoms with Crippen LogP contribution in [-0.4, -0.2) is 58.0 Å². The largest absolute Gasteiger partial charge is 0.385 e. The van der Waals surface area contributed by atoms with Crippen LogP contribution in [0.5, 0.6) is 0 Å². The third-order valence-electron chi connectivity index (χ3n) is 5.64. The van der Waals surface area contributed by atoms with Gasteiger partial charge in [0.15, 0.2) is 0 Å². The number of hydrogen-bond acceptors (Lipinski definition) is 5. The fourth-order valence-corrected chi connectivity index (χ4v) is 5.27. The molecule has 2 amide bonds. The molecule has 0 aliphatic carbocycles. The molecule has 2 aromatic carbocycles. The number of aryl methyl sites for hydroxylation is 2. The Balaban J connectivity index is 1.66. The summed E-state index contributed by atoms with van der Waals surface area (Å²) < 4.78 is 33.1. The van der Waals surface area contributed by atoms with Crippen molar-refractivity contribution >= 4 is 27.5 Å². The number of methoxy groups -OCH3 is 1. The number of hydrogen-bond donors (Lipinski definition) is 2. The number of amides is 2. The molecule has 1 aliphatic rings. The van der Waals surface area contributed by atoms with Gasteiger partial charge in [0.25, 0.3) is 15.9 Å². The standard InChI is InChI=1S/C24H31N3O5S/c1-17-7-12-22(18(2)16-17)33(30,31)26-20-10-8-19(9-11-20)24(29)27-14-4-6-21(27)23(28)25-13-5-15-32-3/h7-12,16,21,26H,4-6,13-15H2,1-3H3,(H,25,28)/t21-/m1/s1. The molecule has 3 rings (SSSR count). The van der Waals surface area contributed by atoms with Gasteiger partial charge in [-0.2, -0.15) is 0 Å². The summed E-state index contributed by atoms with van der Waals surface area (Å²) in [6.07, 6.45) is 2.09. The van der Waals surface area contributed by atoms with Gasteiger partial charge in [0.2, 0.25) is 5.91 Å². The van der Waals surface area contributed by atoms with Gasteiger partial charge in [-0.3, -0.25) is 14.3 Å². The minimum Gasteiger partial charge on any atom is -0.385 e. The molecule has 0 saturated carbocycles. The van der Waals surface area contributed by atoms with E-state index in [-0.39, 0.29) is 16.7 Å². The molecule has 0 unspecified atom stereocenters. The summed E-state index contributed by atoms with van der Waals surface area (Å²) in [6.45, 7) is 5.23. The molecule has 33 heavy (non-hydrogen) atoms. The predicted molar refractivity (Wildman–Crippen MR) is 127 cm³/mol. The third kappa shape index (κ3) is 6.11. The van der Waals surface area contributed by atoms with E-state index in [1.807, 2.05) is 13.0 Å². The summed E-state index contributed by atoms with van der Waals surface area (Å²) in [5, 5.41) is 2.86. The molecule has 9 heteroatoms. The zero-order valence-electron chi connectivity index (χ0n) is 19.3. The van der Waals surface area contributed by atoms with E-state index < -0.39 is 16.1 Å². The predicted octanol–water partition coefficient (Wildman–Crippen LogP) is 2.86. The van der Waals surface area contributed by atoms with Gasteiger partial charge in [-0.25, -0.2) is 8.42 Å². The van der Waals surface area contributed by atoms with Crippen molar-refractivity contribution in [3.8, 4) is 0 Å². The number of sulfonamides is 1. The maximum absolute atomic E-state index is 13.0. The molecule has 1 fully saturated rings. The lowest BCUT2D eigenvalue weighted by molar-refractivity contribution is -0.124. The highest BCUT2D eigenvalue weighted by molar-refractivity contribution is 7.92. The van der Waals surface area contributed by atoms with Crippen LogP contribution in [0.4, 0.5) is 5.69 Å². The molecule has 2 aromatic rings.